The lowest BCUT2D eigenvalue weighted by Crippen LogP contribution is -2.02. The van der Waals surface area contributed by atoms with E-state index in [0.717, 1.165) is 12.3 Å². The van der Waals surface area contributed by atoms with Gasteiger partial charge in [0.1, 0.15) is 0 Å². The quantitative estimate of drug-likeness (QED) is 0.301. The standard InChI is InChI=1S/C18H37O/c1-3-5-7-9-10-12-15-18(16-13-17-19)14-11-8-6-4-2/h18H,3-17H2,1-2H3. The topological polar surface area (TPSA) is 19.9 Å². The zero-order chi connectivity index (χ0) is 14.2. The minimum atomic E-state index is 0.127. The molecule has 1 unspecified atom stereocenters. The third-order valence-electron chi connectivity index (χ3n) is 4.19. The molecule has 0 aliphatic rings. The van der Waals surface area contributed by atoms with Gasteiger partial charge in [0.05, 0.1) is 6.61 Å². The van der Waals surface area contributed by atoms with Crippen molar-refractivity contribution in [1.82, 2.24) is 0 Å². The molecule has 0 N–H and O–H groups in total. The van der Waals surface area contributed by atoms with Crippen molar-refractivity contribution < 1.29 is 5.11 Å². The third kappa shape index (κ3) is 14.2. The average Bonchev–Trinajstić information content (AvgIpc) is 2.43. The van der Waals surface area contributed by atoms with Gasteiger partial charge in [-0.15, -0.1) is 0 Å². The molecule has 1 heteroatoms. The molecule has 0 saturated carbocycles. The average molecular weight is 269 g/mol. The monoisotopic (exact) mass is 269 g/mol. The third-order valence-corrected chi connectivity index (χ3v) is 4.19. The van der Waals surface area contributed by atoms with E-state index < -0.39 is 0 Å². The van der Waals surface area contributed by atoms with E-state index in [2.05, 4.69) is 13.8 Å². The van der Waals surface area contributed by atoms with Gasteiger partial charge in [0.25, 0.3) is 0 Å². The smallest absolute Gasteiger partial charge is 0.0822 e. The second-order valence-corrected chi connectivity index (χ2v) is 6.12. The fourth-order valence-corrected chi connectivity index (χ4v) is 2.88. The molecule has 19 heavy (non-hydrogen) atoms. The maximum atomic E-state index is 10.7. The molecule has 1 radical (unpaired) electrons. The highest BCUT2D eigenvalue weighted by atomic mass is 16.2. The summed E-state index contributed by atoms with van der Waals surface area (Å²) in [5.74, 6) is 0.844. The van der Waals surface area contributed by atoms with Crippen LogP contribution in [-0.4, -0.2) is 6.61 Å². The van der Waals surface area contributed by atoms with Gasteiger partial charge in [0.2, 0.25) is 0 Å². The molecule has 0 amide bonds. The molecule has 1 nitrogen and oxygen atoms in total. The lowest BCUT2D eigenvalue weighted by molar-refractivity contribution is 0.177. The van der Waals surface area contributed by atoms with Crippen LogP contribution in [0.4, 0.5) is 0 Å². The van der Waals surface area contributed by atoms with Crippen molar-refractivity contribution in [3.05, 3.63) is 0 Å². The summed E-state index contributed by atoms with van der Waals surface area (Å²) in [4.78, 5) is 0. The van der Waals surface area contributed by atoms with E-state index in [0.29, 0.717) is 0 Å². The Morgan fingerprint density at radius 2 is 1.00 bits per heavy atom. The molecule has 0 heterocycles. The molecule has 0 aromatic rings. The van der Waals surface area contributed by atoms with Gasteiger partial charge in [-0.25, -0.2) is 5.11 Å². The van der Waals surface area contributed by atoms with Crippen LogP contribution in [0.3, 0.4) is 0 Å². The Balaban J connectivity index is 3.55. The van der Waals surface area contributed by atoms with Gasteiger partial charge in [0, 0.05) is 0 Å². The van der Waals surface area contributed by atoms with Crippen LogP contribution in [0.15, 0.2) is 0 Å². The van der Waals surface area contributed by atoms with Crippen molar-refractivity contribution in [2.75, 3.05) is 6.61 Å². The number of hydrogen-bond acceptors (Lipinski definition) is 0. The van der Waals surface area contributed by atoms with E-state index in [1.165, 1.54) is 83.5 Å². The van der Waals surface area contributed by atoms with Gasteiger partial charge in [-0.1, -0.05) is 90.9 Å². The Morgan fingerprint density at radius 1 is 0.579 bits per heavy atom. The molecule has 0 rings (SSSR count). The van der Waals surface area contributed by atoms with Gasteiger partial charge in [0.15, 0.2) is 0 Å². The normalized spacial score (nSPS) is 12.8. The minimum absolute atomic E-state index is 0.127. The maximum absolute atomic E-state index is 10.7. The molecule has 0 aliphatic carbocycles. The first-order chi connectivity index (χ1) is 9.35. The van der Waals surface area contributed by atoms with E-state index in [9.17, 15) is 5.11 Å². The second kappa shape index (κ2) is 16.0. The number of hydrogen-bond donors (Lipinski definition) is 0. The Kier molecular flexibility index (Phi) is 16.0. The summed E-state index contributed by atoms with van der Waals surface area (Å²) in [6, 6.07) is 0. The van der Waals surface area contributed by atoms with Crippen LogP contribution in [0.5, 0.6) is 0 Å². The SMILES string of the molecule is CCCCCCCCC(CCC[O])CCCCCC. The van der Waals surface area contributed by atoms with E-state index in [-0.39, 0.29) is 6.61 Å². The van der Waals surface area contributed by atoms with E-state index in [4.69, 9.17) is 0 Å². The molecule has 0 fully saturated rings. The van der Waals surface area contributed by atoms with E-state index in [1.54, 1.807) is 0 Å². The summed E-state index contributed by atoms with van der Waals surface area (Å²) in [7, 11) is 0. The van der Waals surface area contributed by atoms with Crippen molar-refractivity contribution >= 4 is 0 Å². The van der Waals surface area contributed by atoms with Crippen molar-refractivity contribution in [2.24, 2.45) is 5.92 Å². The summed E-state index contributed by atoms with van der Waals surface area (Å²) < 4.78 is 0. The van der Waals surface area contributed by atoms with Crippen LogP contribution < -0.4 is 0 Å². The highest BCUT2D eigenvalue weighted by Gasteiger charge is 2.08. The number of rotatable bonds is 15. The zero-order valence-electron chi connectivity index (χ0n) is 13.6. The van der Waals surface area contributed by atoms with E-state index in [1.807, 2.05) is 0 Å². The Hall–Kier alpha value is -0.0400. The molecular weight excluding hydrogens is 232 g/mol. The molecule has 0 aromatic carbocycles. The van der Waals surface area contributed by atoms with E-state index >= 15 is 0 Å². The van der Waals surface area contributed by atoms with Crippen LogP contribution in [-0.2, 0) is 5.11 Å². The van der Waals surface area contributed by atoms with Crippen LogP contribution >= 0.6 is 0 Å². The molecule has 0 aliphatic heterocycles. The lowest BCUT2D eigenvalue weighted by Gasteiger charge is -2.16. The molecule has 0 bridgehead atoms. The molecule has 1 atom stereocenters. The first-order valence-electron chi connectivity index (χ1n) is 8.93. The van der Waals surface area contributed by atoms with Gasteiger partial charge >= 0.3 is 0 Å². The Labute approximate surface area is 122 Å². The summed E-state index contributed by atoms with van der Waals surface area (Å²) in [6.45, 7) is 4.67. The predicted octanol–water partition coefficient (Wildman–Crippen LogP) is 6.53. The fourth-order valence-electron chi connectivity index (χ4n) is 2.88. The summed E-state index contributed by atoms with van der Waals surface area (Å²) in [5, 5.41) is 10.7. The Bertz CT molecular complexity index is 156. The summed E-state index contributed by atoms with van der Waals surface area (Å²) >= 11 is 0. The molecule has 0 saturated heterocycles. The van der Waals surface area contributed by atoms with Crippen LogP contribution in [0.25, 0.3) is 0 Å². The van der Waals surface area contributed by atoms with Gasteiger partial charge in [-0.05, 0) is 18.8 Å². The lowest BCUT2D eigenvalue weighted by atomic mass is 9.90. The van der Waals surface area contributed by atoms with Crippen molar-refractivity contribution in [1.29, 1.82) is 0 Å². The van der Waals surface area contributed by atoms with Crippen LogP contribution in [0.1, 0.15) is 104 Å². The largest absolute Gasteiger partial charge is 0.237 e. The summed E-state index contributed by atoms with van der Waals surface area (Å²) in [6.07, 6.45) is 18.7. The van der Waals surface area contributed by atoms with Gasteiger partial charge < -0.3 is 0 Å². The van der Waals surface area contributed by atoms with Crippen LogP contribution in [0.2, 0.25) is 0 Å². The van der Waals surface area contributed by atoms with Crippen molar-refractivity contribution in [3.63, 3.8) is 0 Å². The highest BCUT2D eigenvalue weighted by Crippen LogP contribution is 2.22. The second-order valence-electron chi connectivity index (χ2n) is 6.12. The Morgan fingerprint density at radius 3 is 1.53 bits per heavy atom. The highest BCUT2D eigenvalue weighted by molar-refractivity contribution is 4.61. The fraction of sp³-hybridized carbons (Fsp3) is 1.00. The van der Waals surface area contributed by atoms with Crippen molar-refractivity contribution in [3.8, 4) is 0 Å². The molecule has 0 spiro atoms. The van der Waals surface area contributed by atoms with Gasteiger partial charge in [-0.3, -0.25) is 0 Å². The first kappa shape index (κ1) is 19.0. The van der Waals surface area contributed by atoms with Gasteiger partial charge in [-0.2, -0.15) is 0 Å². The summed E-state index contributed by atoms with van der Waals surface area (Å²) in [5.41, 5.74) is 0. The van der Waals surface area contributed by atoms with Crippen molar-refractivity contribution in [2.45, 2.75) is 104 Å². The first-order valence-corrected chi connectivity index (χ1v) is 8.93. The molecule has 115 valence electrons. The zero-order valence-corrected chi connectivity index (χ0v) is 13.6. The molecule has 0 aromatic heterocycles. The number of unbranched alkanes of at least 4 members (excludes halogenated alkanes) is 8. The predicted molar refractivity (Wildman–Crippen MR) is 85.0 cm³/mol. The maximum Gasteiger partial charge on any atom is 0.0822 e. The van der Waals surface area contributed by atoms with Crippen LogP contribution in [0, 0.1) is 5.92 Å². The molecular formula is C18H37O. The minimum Gasteiger partial charge on any atom is -0.237 e.